The van der Waals surface area contributed by atoms with Crippen LogP contribution in [0.5, 0.6) is 0 Å². The molecule has 2 aliphatic rings. The van der Waals surface area contributed by atoms with Crippen LogP contribution in [0.15, 0.2) is 18.2 Å². The number of nitriles is 1. The first kappa shape index (κ1) is 24.3. The maximum absolute atomic E-state index is 13.5. The van der Waals surface area contributed by atoms with Crippen molar-refractivity contribution in [2.24, 2.45) is 17.3 Å². The number of rotatable bonds is 7. The number of amides is 1. The lowest BCUT2D eigenvalue weighted by molar-refractivity contribution is -0.140. The van der Waals surface area contributed by atoms with Gasteiger partial charge in [0.05, 0.1) is 37.0 Å². The molecule has 176 valence electrons. The second kappa shape index (κ2) is 9.67. The predicted octanol–water partition coefficient (Wildman–Crippen LogP) is 3.55. The van der Waals surface area contributed by atoms with E-state index in [4.69, 9.17) is 14.7 Å². The van der Waals surface area contributed by atoms with Crippen LogP contribution in [0.25, 0.3) is 0 Å². The highest BCUT2D eigenvalue weighted by Crippen LogP contribution is 2.45. The molecular formula is C23H30F3N3O3. The molecule has 2 atom stereocenters. The molecule has 2 fully saturated rings. The van der Waals surface area contributed by atoms with Gasteiger partial charge in [0, 0.05) is 50.3 Å². The molecule has 0 N–H and O–H groups in total. The Morgan fingerprint density at radius 1 is 1.31 bits per heavy atom. The molecule has 1 amide bonds. The number of ether oxygens (including phenoxy) is 2. The monoisotopic (exact) mass is 453 g/mol. The number of nitrogens with zero attached hydrogens (tertiary/aromatic N) is 3. The van der Waals surface area contributed by atoms with Crippen LogP contribution in [0.1, 0.15) is 31.4 Å². The molecule has 1 aromatic carbocycles. The van der Waals surface area contributed by atoms with Crippen molar-refractivity contribution in [3.05, 3.63) is 29.3 Å². The van der Waals surface area contributed by atoms with Crippen molar-refractivity contribution in [2.45, 2.75) is 26.4 Å². The average molecular weight is 454 g/mol. The van der Waals surface area contributed by atoms with E-state index in [9.17, 15) is 18.0 Å². The molecular weight excluding hydrogens is 423 g/mol. The number of fused-ring (bicyclic) bond motifs is 1. The molecule has 2 heterocycles. The minimum absolute atomic E-state index is 0.0795. The van der Waals surface area contributed by atoms with E-state index in [1.165, 1.54) is 6.07 Å². The average Bonchev–Trinajstić information content (AvgIpc) is 3.14. The van der Waals surface area contributed by atoms with E-state index in [1.807, 2.05) is 23.6 Å². The fraction of sp³-hybridized carbons (Fsp3) is 0.652. The second-order valence-corrected chi connectivity index (χ2v) is 9.03. The van der Waals surface area contributed by atoms with Gasteiger partial charge >= 0.3 is 6.18 Å². The van der Waals surface area contributed by atoms with Crippen LogP contribution < -0.4 is 4.90 Å². The Morgan fingerprint density at radius 3 is 2.69 bits per heavy atom. The quantitative estimate of drug-likeness (QED) is 0.591. The fourth-order valence-corrected chi connectivity index (χ4v) is 4.82. The summed E-state index contributed by atoms with van der Waals surface area (Å²) < 4.78 is 51.4. The number of benzene rings is 1. The topological polar surface area (TPSA) is 65.8 Å². The summed E-state index contributed by atoms with van der Waals surface area (Å²) >= 11 is 0. The molecule has 3 rings (SSSR count). The van der Waals surface area contributed by atoms with Crippen LogP contribution in [0.2, 0.25) is 0 Å². The molecule has 0 spiro atoms. The third-order valence-corrected chi connectivity index (χ3v) is 6.49. The number of piperidine rings is 1. The summed E-state index contributed by atoms with van der Waals surface area (Å²) in [4.78, 5) is 16.5. The number of halogens is 3. The Balaban J connectivity index is 1.88. The standard InChI is InChI=1S/C23H30F3N3O3/c1-16(2)21(30)28-7-6-18-12-29(14-22(18,13-28)15-32-9-8-31-3)19-5-4-17(11-27)20(10-19)23(24,25)26/h4-5,10,16,18H,6-9,12-15H2,1-3H3/t18-,22+/m1/s1. The smallest absolute Gasteiger partial charge is 0.382 e. The van der Waals surface area contributed by atoms with Crippen LogP contribution in [-0.2, 0) is 20.4 Å². The van der Waals surface area contributed by atoms with Gasteiger partial charge in [0.2, 0.25) is 5.91 Å². The van der Waals surface area contributed by atoms with Crippen molar-refractivity contribution < 1.29 is 27.4 Å². The van der Waals surface area contributed by atoms with Crippen molar-refractivity contribution in [1.29, 1.82) is 5.26 Å². The summed E-state index contributed by atoms with van der Waals surface area (Å²) in [6, 6.07) is 5.50. The zero-order valence-electron chi connectivity index (χ0n) is 18.7. The number of alkyl halides is 3. The minimum Gasteiger partial charge on any atom is -0.382 e. The molecule has 32 heavy (non-hydrogen) atoms. The predicted molar refractivity (Wildman–Crippen MR) is 113 cm³/mol. The molecule has 0 bridgehead atoms. The Bertz CT molecular complexity index is 868. The molecule has 0 aliphatic carbocycles. The highest BCUT2D eigenvalue weighted by molar-refractivity contribution is 5.78. The summed E-state index contributed by atoms with van der Waals surface area (Å²) in [6.07, 6.45) is -3.83. The molecule has 0 saturated carbocycles. The van der Waals surface area contributed by atoms with E-state index in [1.54, 1.807) is 19.2 Å². The number of likely N-dealkylation sites (tertiary alicyclic amines) is 1. The van der Waals surface area contributed by atoms with Crippen LogP contribution in [0.3, 0.4) is 0 Å². The number of hydrogen-bond donors (Lipinski definition) is 0. The van der Waals surface area contributed by atoms with Crippen LogP contribution >= 0.6 is 0 Å². The molecule has 6 nitrogen and oxygen atoms in total. The van der Waals surface area contributed by atoms with Crippen molar-refractivity contribution in [2.75, 3.05) is 58.0 Å². The van der Waals surface area contributed by atoms with Gasteiger partial charge in [0.25, 0.3) is 0 Å². The van der Waals surface area contributed by atoms with Gasteiger partial charge in [-0.05, 0) is 30.5 Å². The summed E-state index contributed by atoms with van der Waals surface area (Å²) in [7, 11) is 1.59. The third kappa shape index (κ3) is 5.02. The number of carbonyl (C=O) groups is 1. The van der Waals surface area contributed by atoms with E-state index in [0.29, 0.717) is 51.7 Å². The molecule has 0 aromatic heterocycles. The van der Waals surface area contributed by atoms with Crippen LogP contribution in [-0.4, -0.2) is 63.9 Å². The molecule has 2 saturated heterocycles. The van der Waals surface area contributed by atoms with Crippen molar-refractivity contribution in [1.82, 2.24) is 4.90 Å². The summed E-state index contributed by atoms with van der Waals surface area (Å²) in [5.74, 6) is 0.144. The number of anilines is 1. The maximum atomic E-state index is 13.5. The fourth-order valence-electron chi connectivity index (χ4n) is 4.82. The molecule has 1 aromatic rings. The Kier molecular flexibility index (Phi) is 7.36. The molecule has 9 heteroatoms. The van der Waals surface area contributed by atoms with Gasteiger partial charge < -0.3 is 19.3 Å². The lowest BCUT2D eigenvalue weighted by Gasteiger charge is -2.44. The van der Waals surface area contributed by atoms with E-state index in [0.717, 1.165) is 12.5 Å². The first-order valence-corrected chi connectivity index (χ1v) is 10.8. The van der Waals surface area contributed by atoms with Gasteiger partial charge in [0.15, 0.2) is 0 Å². The highest BCUT2D eigenvalue weighted by Gasteiger charge is 2.51. The summed E-state index contributed by atoms with van der Waals surface area (Å²) in [6.45, 7) is 7.22. The van der Waals surface area contributed by atoms with E-state index in [-0.39, 0.29) is 28.7 Å². The number of methoxy groups -OCH3 is 1. The number of carbonyl (C=O) groups excluding carboxylic acids is 1. The zero-order chi connectivity index (χ0) is 23.5. The lowest BCUT2D eigenvalue weighted by Crippen LogP contribution is -2.54. The molecule has 0 unspecified atom stereocenters. The minimum atomic E-state index is -4.60. The van der Waals surface area contributed by atoms with Crippen molar-refractivity contribution in [3.8, 4) is 6.07 Å². The Labute approximate surface area is 186 Å². The molecule has 0 radical (unpaired) electrons. The van der Waals surface area contributed by atoms with Crippen molar-refractivity contribution in [3.63, 3.8) is 0 Å². The Hall–Kier alpha value is -2.31. The van der Waals surface area contributed by atoms with Crippen LogP contribution in [0.4, 0.5) is 18.9 Å². The van der Waals surface area contributed by atoms with Gasteiger partial charge in [-0.1, -0.05) is 13.8 Å². The second-order valence-electron chi connectivity index (χ2n) is 9.03. The lowest BCUT2D eigenvalue weighted by atomic mass is 9.73. The van der Waals surface area contributed by atoms with E-state index < -0.39 is 11.7 Å². The van der Waals surface area contributed by atoms with Crippen molar-refractivity contribution >= 4 is 11.6 Å². The number of hydrogen-bond acceptors (Lipinski definition) is 5. The van der Waals surface area contributed by atoms with E-state index in [2.05, 4.69) is 0 Å². The third-order valence-electron chi connectivity index (χ3n) is 6.49. The zero-order valence-corrected chi connectivity index (χ0v) is 18.7. The van der Waals surface area contributed by atoms with E-state index >= 15 is 0 Å². The first-order valence-electron chi connectivity index (χ1n) is 10.8. The summed E-state index contributed by atoms with van der Waals surface area (Å²) in [5, 5.41) is 9.09. The Morgan fingerprint density at radius 2 is 2.06 bits per heavy atom. The first-order chi connectivity index (χ1) is 15.1. The largest absolute Gasteiger partial charge is 0.417 e. The van der Waals surface area contributed by atoms with Gasteiger partial charge in [-0.3, -0.25) is 4.79 Å². The van der Waals surface area contributed by atoms with Gasteiger partial charge in [-0.2, -0.15) is 18.4 Å². The van der Waals surface area contributed by atoms with Gasteiger partial charge in [-0.15, -0.1) is 0 Å². The molecule has 2 aliphatic heterocycles. The highest BCUT2D eigenvalue weighted by atomic mass is 19.4. The van der Waals surface area contributed by atoms with Gasteiger partial charge in [0.1, 0.15) is 0 Å². The summed E-state index contributed by atoms with van der Waals surface area (Å²) in [5.41, 5.74) is -1.25. The maximum Gasteiger partial charge on any atom is 0.417 e. The van der Waals surface area contributed by atoms with Crippen LogP contribution in [0, 0.1) is 28.6 Å². The van der Waals surface area contributed by atoms with Gasteiger partial charge in [-0.25, -0.2) is 0 Å². The normalized spacial score (nSPS) is 23.4. The SMILES string of the molecule is COCCOC[C@@]12CN(C(=O)C(C)C)CC[C@@H]1CN(c1ccc(C#N)c(C(F)(F)F)c1)C2.